The van der Waals surface area contributed by atoms with E-state index in [2.05, 4.69) is 10.1 Å². The van der Waals surface area contributed by atoms with E-state index in [9.17, 15) is 14.9 Å². The van der Waals surface area contributed by atoms with Gasteiger partial charge >= 0.3 is 0 Å². The molecule has 0 unspecified atom stereocenters. The van der Waals surface area contributed by atoms with Crippen LogP contribution in [0.15, 0.2) is 58.3 Å². The lowest BCUT2D eigenvalue weighted by atomic mass is 10.2. The lowest BCUT2D eigenvalue weighted by molar-refractivity contribution is -0.384. The predicted octanol–water partition coefficient (Wildman–Crippen LogP) is 3.65. The van der Waals surface area contributed by atoms with Gasteiger partial charge in [-0.2, -0.15) is 0 Å². The Hall–Kier alpha value is -3.68. The zero-order chi connectivity index (χ0) is 20.8. The van der Waals surface area contributed by atoms with Gasteiger partial charge in [-0.15, -0.1) is 0 Å². The normalized spacial score (nSPS) is 11.1. The van der Waals surface area contributed by atoms with Crippen molar-refractivity contribution in [1.29, 1.82) is 0 Å². The van der Waals surface area contributed by atoms with Crippen LogP contribution in [0.2, 0.25) is 0 Å². The summed E-state index contributed by atoms with van der Waals surface area (Å²) >= 11 is 0. The molecule has 1 heterocycles. The topological polar surface area (TPSA) is 103 Å². The Morgan fingerprint density at radius 2 is 1.86 bits per heavy atom. The summed E-state index contributed by atoms with van der Waals surface area (Å²) in [5, 5.41) is 13.9. The zero-order valence-corrected chi connectivity index (χ0v) is 16.3. The van der Waals surface area contributed by atoms with Gasteiger partial charge in [-0.05, 0) is 36.2 Å². The minimum atomic E-state index is -0.471. The van der Waals surface area contributed by atoms with Crippen LogP contribution in [0, 0.1) is 10.1 Å². The Balaban J connectivity index is 1.87. The molecule has 8 nitrogen and oxygen atoms in total. The standard InChI is InChI=1S/C21H22N4O4/c1-3-4-20-19(14-22-13-15-5-11-18(29-2)12-6-15)21(26)24(23-20)16-7-9-17(10-8-16)25(27)28/h5-12,14,23H,3-4,13H2,1-2H3. The molecule has 2 aromatic carbocycles. The maximum absolute atomic E-state index is 12.9. The van der Waals surface area contributed by atoms with Gasteiger partial charge in [-0.1, -0.05) is 25.5 Å². The number of nitrogens with one attached hydrogen (secondary N) is 1. The van der Waals surface area contributed by atoms with Gasteiger partial charge in [0.05, 0.1) is 29.8 Å². The van der Waals surface area contributed by atoms with E-state index in [4.69, 9.17) is 4.74 Å². The number of ether oxygens (including phenoxy) is 1. The molecule has 1 N–H and O–H groups in total. The van der Waals surface area contributed by atoms with E-state index < -0.39 is 4.92 Å². The van der Waals surface area contributed by atoms with E-state index in [1.54, 1.807) is 25.5 Å². The molecule has 0 fully saturated rings. The van der Waals surface area contributed by atoms with Gasteiger partial charge < -0.3 is 4.74 Å². The smallest absolute Gasteiger partial charge is 0.280 e. The van der Waals surface area contributed by atoms with Gasteiger partial charge in [-0.25, -0.2) is 4.68 Å². The fourth-order valence-electron chi connectivity index (χ4n) is 2.95. The van der Waals surface area contributed by atoms with E-state index in [0.29, 0.717) is 24.2 Å². The van der Waals surface area contributed by atoms with E-state index >= 15 is 0 Å². The molecule has 0 amide bonds. The molecule has 0 saturated heterocycles. The van der Waals surface area contributed by atoms with Gasteiger partial charge in [0, 0.05) is 24.0 Å². The fourth-order valence-corrected chi connectivity index (χ4v) is 2.95. The lowest BCUT2D eigenvalue weighted by Gasteiger charge is -2.01. The second-order valence-electron chi connectivity index (χ2n) is 6.49. The van der Waals surface area contributed by atoms with Crippen LogP contribution in [0.5, 0.6) is 5.75 Å². The van der Waals surface area contributed by atoms with Crippen LogP contribution in [-0.4, -0.2) is 28.0 Å². The van der Waals surface area contributed by atoms with Crippen molar-refractivity contribution in [3.05, 3.63) is 85.8 Å². The first-order valence-corrected chi connectivity index (χ1v) is 9.25. The lowest BCUT2D eigenvalue weighted by Crippen LogP contribution is -2.17. The molecule has 1 aromatic heterocycles. The summed E-state index contributed by atoms with van der Waals surface area (Å²) in [4.78, 5) is 27.7. The average molecular weight is 394 g/mol. The number of nitrogens with zero attached hydrogens (tertiary/aromatic N) is 3. The first kappa shape index (κ1) is 20.1. The number of aromatic nitrogens is 2. The maximum atomic E-state index is 12.9. The molecule has 0 saturated carbocycles. The van der Waals surface area contributed by atoms with Crippen LogP contribution >= 0.6 is 0 Å². The number of non-ortho nitro benzene ring substituents is 1. The van der Waals surface area contributed by atoms with Crippen LogP contribution in [-0.2, 0) is 13.0 Å². The number of rotatable bonds is 8. The first-order chi connectivity index (χ1) is 14.0. The predicted molar refractivity (Wildman–Crippen MR) is 111 cm³/mol. The minimum absolute atomic E-state index is 0.0246. The quantitative estimate of drug-likeness (QED) is 0.358. The number of nitro groups is 1. The molecule has 150 valence electrons. The first-order valence-electron chi connectivity index (χ1n) is 9.25. The number of benzene rings is 2. The molecule has 0 atom stereocenters. The third-order valence-electron chi connectivity index (χ3n) is 4.48. The molecule has 0 spiro atoms. The highest BCUT2D eigenvalue weighted by Crippen LogP contribution is 2.15. The number of nitro benzene ring substituents is 1. The van der Waals surface area contributed by atoms with Crippen molar-refractivity contribution in [3.8, 4) is 11.4 Å². The molecule has 3 rings (SSSR count). The van der Waals surface area contributed by atoms with Gasteiger partial charge in [0.15, 0.2) is 0 Å². The number of H-pyrrole nitrogens is 1. The second-order valence-corrected chi connectivity index (χ2v) is 6.49. The molecule has 0 bridgehead atoms. The Kier molecular flexibility index (Phi) is 6.23. The third-order valence-corrected chi connectivity index (χ3v) is 4.48. The highest BCUT2D eigenvalue weighted by Gasteiger charge is 2.14. The summed E-state index contributed by atoms with van der Waals surface area (Å²) in [6.07, 6.45) is 3.15. The van der Waals surface area contributed by atoms with Crippen molar-refractivity contribution < 1.29 is 9.66 Å². The molecule has 8 heteroatoms. The van der Waals surface area contributed by atoms with E-state index in [1.807, 2.05) is 31.2 Å². The van der Waals surface area contributed by atoms with Crippen molar-refractivity contribution in [3.63, 3.8) is 0 Å². The number of aromatic amines is 1. The summed E-state index contributed by atoms with van der Waals surface area (Å²) in [5.74, 6) is 0.777. The molecular formula is C21H22N4O4. The molecule has 29 heavy (non-hydrogen) atoms. The molecular weight excluding hydrogens is 372 g/mol. The molecule has 3 aromatic rings. The minimum Gasteiger partial charge on any atom is -0.497 e. The summed E-state index contributed by atoms with van der Waals surface area (Å²) in [6.45, 7) is 2.47. The van der Waals surface area contributed by atoms with Crippen molar-refractivity contribution in [1.82, 2.24) is 9.78 Å². The Labute approximate surface area is 167 Å². The average Bonchev–Trinajstić information content (AvgIpc) is 3.04. The van der Waals surface area contributed by atoms with Crippen LogP contribution in [0.4, 0.5) is 5.69 Å². The van der Waals surface area contributed by atoms with Crippen LogP contribution < -0.4 is 10.3 Å². The summed E-state index contributed by atoms with van der Waals surface area (Å²) in [5.41, 5.74) is 2.57. The SMILES string of the molecule is CCCc1[nH]n(-c2ccc([N+](=O)[O-])cc2)c(=O)c1C=NCc1ccc(OC)cc1. The van der Waals surface area contributed by atoms with Crippen LogP contribution in [0.3, 0.4) is 0 Å². The Bertz CT molecular complexity index is 1060. The summed E-state index contributed by atoms with van der Waals surface area (Å²) < 4.78 is 6.53. The Morgan fingerprint density at radius 1 is 1.17 bits per heavy atom. The van der Waals surface area contributed by atoms with Crippen molar-refractivity contribution in [2.45, 2.75) is 26.3 Å². The molecule has 0 aliphatic rings. The summed E-state index contributed by atoms with van der Waals surface area (Å²) in [7, 11) is 1.62. The number of hydrogen-bond acceptors (Lipinski definition) is 5. The highest BCUT2D eigenvalue weighted by molar-refractivity contribution is 5.81. The molecule has 0 aliphatic carbocycles. The van der Waals surface area contributed by atoms with E-state index in [0.717, 1.165) is 23.4 Å². The second kappa shape index (κ2) is 9.01. The molecule has 0 radical (unpaired) electrons. The van der Waals surface area contributed by atoms with E-state index in [-0.39, 0.29) is 11.2 Å². The molecule has 0 aliphatic heterocycles. The van der Waals surface area contributed by atoms with Crippen molar-refractivity contribution in [2.75, 3.05) is 7.11 Å². The van der Waals surface area contributed by atoms with Gasteiger partial charge in [-0.3, -0.25) is 25.0 Å². The summed E-state index contributed by atoms with van der Waals surface area (Å²) in [6, 6.07) is 13.4. The number of aliphatic imine (C=N–C) groups is 1. The van der Waals surface area contributed by atoms with Gasteiger partial charge in [0.1, 0.15) is 5.75 Å². The highest BCUT2D eigenvalue weighted by atomic mass is 16.6. The maximum Gasteiger partial charge on any atom is 0.280 e. The fraction of sp³-hybridized carbons (Fsp3) is 0.238. The number of methoxy groups -OCH3 is 1. The largest absolute Gasteiger partial charge is 0.497 e. The number of hydrogen-bond donors (Lipinski definition) is 1. The van der Waals surface area contributed by atoms with Gasteiger partial charge in [0.25, 0.3) is 11.2 Å². The van der Waals surface area contributed by atoms with Crippen LogP contribution in [0.1, 0.15) is 30.2 Å². The van der Waals surface area contributed by atoms with Gasteiger partial charge in [0.2, 0.25) is 0 Å². The van der Waals surface area contributed by atoms with Crippen molar-refractivity contribution >= 4 is 11.9 Å². The van der Waals surface area contributed by atoms with E-state index in [1.165, 1.54) is 16.8 Å². The number of aryl methyl sites for hydroxylation is 1. The zero-order valence-electron chi connectivity index (χ0n) is 16.3. The van der Waals surface area contributed by atoms with Crippen molar-refractivity contribution in [2.24, 2.45) is 4.99 Å². The monoisotopic (exact) mass is 394 g/mol. The third kappa shape index (κ3) is 4.60. The van der Waals surface area contributed by atoms with Crippen LogP contribution in [0.25, 0.3) is 5.69 Å². The Morgan fingerprint density at radius 3 is 2.45 bits per heavy atom.